The fraction of sp³-hybridized carbons (Fsp3) is 0.400. The molecule has 1 aliphatic rings. The van der Waals surface area contributed by atoms with E-state index in [-0.39, 0.29) is 17.4 Å². The predicted molar refractivity (Wildman–Crippen MR) is 109 cm³/mol. The minimum atomic E-state index is -3.09. The van der Waals surface area contributed by atoms with Crippen molar-refractivity contribution in [1.29, 1.82) is 0 Å². The third-order valence-electron chi connectivity index (χ3n) is 4.86. The summed E-state index contributed by atoms with van der Waals surface area (Å²) in [4.78, 5) is 12.1. The van der Waals surface area contributed by atoms with Crippen molar-refractivity contribution in [2.45, 2.75) is 27.2 Å². The highest BCUT2D eigenvalue weighted by Gasteiger charge is 2.32. The number of nitrogens with one attached hydrogen (secondary N) is 1. The van der Waals surface area contributed by atoms with Crippen molar-refractivity contribution in [3.05, 3.63) is 47.3 Å². The number of ether oxygens (including phenoxy) is 1. The van der Waals surface area contributed by atoms with Crippen molar-refractivity contribution in [3.8, 4) is 11.4 Å². The fourth-order valence-corrected chi connectivity index (χ4v) is 5.17. The van der Waals surface area contributed by atoms with Crippen molar-refractivity contribution in [1.82, 2.24) is 9.99 Å². The first-order valence-electron chi connectivity index (χ1n) is 9.26. The molecule has 7 nitrogen and oxygen atoms in total. The normalized spacial score (nSPS) is 18.5. The van der Waals surface area contributed by atoms with Gasteiger partial charge in [-0.2, -0.15) is 5.10 Å². The molecule has 1 N–H and O–H groups in total. The standard InChI is InChI=1S/C20H25N3O4S/c1-4-27-19-7-5-18(6-8-19)23-14(2)11-17(15(23)3)12-21-22-20(24)16-9-10-28(25,26)13-16/h5-8,11-12,16H,4,9-10,13H2,1-3H3,(H,22,24)/b21-12-/t16-/m1/s1. The maximum Gasteiger partial charge on any atom is 0.244 e. The third-order valence-corrected chi connectivity index (χ3v) is 6.63. The number of hydrogen-bond acceptors (Lipinski definition) is 5. The first-order valence-corrected chi connectivity index (χ1v) is 11.1. The minimum Gasteiger partial charge on any atom is -0.494 e. The average molecular weight is 404 g/mol. The van der Waals surface area contributed by atoms with Crippen molar-refractivity contribution >= 4 is 22.0 Å². The van der Waals surface area contributed by atoms with Gasteiger partial charge in [0.05, 0.1) is 30.2 Å². The molecule has 28 heavy (non-hydrogen) atoms. The molecule has 1 fully saturated rings. The lowest BCUT2D eigenvalue weighted by molar-refractivity contribution is -0.124. The van der Waals surface area contributed by atoms with Gasteiger partial charge in [-0.15, -0.1) is 0 Å². The maximum atomic E-state index is 12.1. The Morgan fingerprint density at radius 2 is 2.04 bits per heavy atom. The second kappa shape index (κ2) is 8.18. The second-order valence-corrected chi connectivity index (χ2v) is 9.15. The molecule has 0 bridgehead atoms. The van der Waals surface area contributed by atoms with Crippen molar-refractivity contribution in [2.24, 2.45) is 11.0 Å². The molecule has 150 valence electrons. The van der Waals surface area contributed by atoms with Gasteiger partial charge in [-0.25, -0.2) is 13.8 Å². The van der Waals surface area contributed by atoms with Crippen LogP contribution in [0.2, 0.25) is 0 Å². The summed E-state index contributed by atoms with van der Waals surface area (Å²) in [5.74, 6) is -0.0678. The van der Waals surface area contributed by atoms with Crippen LogP contribution in [0.4, 0.5) is 0 Å². The highest BCUT2D eigenvalue weighted by molar-refractivity contribution is 7.91. The van der Waals surface area contributed by atoms with Crippen LogP contribution in [0.5, 0.6) is 5.75 Å². The molecule has 0 spiro atoms. The van der Waals surface area contributed by atoms with Crippen LogP contribution in [0.1, 0.15) is 30.3 Å². The summed E-state index contributed by atoms with van der Waals surface area (Å²) in [7, 11) is -3.09. The van der Waals surface area contributed by atoms with Gasteiger partial charge in [-0.3, -0.25) is 4.79 Å². The molecule has 2 aromatic rings. The van der Waals surface area contributed by atoms with E-state index in [1.165, 1.54) is 0 Å². The number of aromatic nitrogens is 1. The Balaban J connectivity index is 1.71. The molecular formula is C20H25N3O4S. The van der Waals surface area contributed by atoms with E-state index in [0.717, 1.165) is 28.4 Å². The van der Waals surface area contributed by atoms with Crippen LogP contribution in [0.15, 0.2) is 35.4 Å². The van der Waals surface area contributed by atoms with E-state index in [1.807, 2.05) is 51.1 Å². The zero-order valence-corrected chi connectivity index (χ0v) is 17.1. The van der Waals surface area contributed by atoms with Crippen molar-refractivity contribution in [3.63, 3.8) is 0 Å². The average Bonchev–Trinajstić information content (AvgIpc) is 3.15. The van der Waals surface area contributed by atoms with Crippen LogP contribution in [-0.2, 0) is 14.6 Å². The molecule has 3 rings (SSSR count). The summed E-state index contributed by atoms with van der Waals surface area (Å²) in [5, 5.41) is 4.03. The first kappa shape index (κ1) is 20.1. The van der Waals surface area contributed by atoms with Crippen LogP contribution < -0.4 is 10.2 Å². The van der Waals surface area contributed by atoms with Gasteiger partial charge in [-0.1, -0.05) is 0 Å². The van der Waals surface area contributed by atoms with Crippen LogP contribution in [0, 0.1) is 19.8 Å². The second-order valence-electron chi connectivity index (χ2n) is 6.92. The quantitative estimate of drug-likeness (QED) is 0.592. The van der Waals surface area contributed by atoms with Gasteiger partial charge in [-0.05, 0) is 57.5 Å². The van der Waals surface area contributed by atoms with Crippen LogP contribution in [0.3, 0.4) is 0 Å². The lowest BCUT2D eigenvalue weighted by atomic mass is 10.1. The molecule has 2 heterocycles. The maximum absolute atomic E-state index is 12.1. The number of carbonyl (C=O) groups is 1. The Labute approximate surface area is 165 Å². The smallest absolute Gasteiger partial charge is 0.244 e. The Hall–Kier alpha value is -2.61. The van der Waals surface area contributed by atoms with E-state index in [9.17, 15) is 13.2 Å². The van der Waals surface area contributed by atoms with Crippen LogP contribution >= 0.6 is 0 Å². The molecule has 1 aromatic carbocycles. The van der Waals surface area contributed by atoms with E-state index in [1.54, 1.807) is 6.21 Å². The van der Waals surface area contributed by atoms with Gasteiger partial charge in [0.15, 0.2) is 9.84 Å². The summed E-state index contributed by atoms with van der Waals surface area (Å²) in [6, 6.07) is 9.84. The summed E-state index contributed by atoms with van der Waals surface area (Å²) < 4.78 is 30.6. The molecule has 0 aliphatic carbocycles. The molecule has 0 radical (unpaired) electrons. The van der Waals surface area contributed by atoms with Crippen LogP contribution in [-0.4, -0.2) is 43.2 Å². The number of amides is 1. The van der Waals surface area contributed by atoms with Gasteiger partial charge in [0.25, 0.3) is 0 Å². The van der Waals surface area contributed by atoms with Gasteiger partial charge >= 0.3 is 0 Å². The van der Waals surface area contributed by atoms with Crippen molar-refractivity contribution < 1.29 is 17.9 Å². The summed E-state index contributed by atoms with van der Waals surface area (Å²) in [5.41, 5.74) is 6.39. The largest absolute Gasteiger partial charge is 0.494 e. The molecular weight excluding hydrogens is 378 g/mol. The Morgan fingerprint density at radius 3 is 2.64 bits per heavy atom. The minimum absolute atomic E-state index is 0.0675. The van der Waals surface area contributed by atoms with E-state index in [4.69, 9.17) is 4.74 Å². The molecule has 0 unspecified atom stereocenters. The topological polar surface area (TPSA) is 89.8 Å². The number of carbonyl (C=O) groups excluding carboxylic acids is 1. The number of aryl methyl sites for hydroxylation is 1. The molecule has 0 saturated carbocycles. The summed E-state index contributed by atoms with van der Waals surface area (Å²) >= 11 is 0. The number of nitrogens with zero attached hydrogens (tertiary/aromatic N) is 2. The lowest BCUT2D eigenvalue weighted by Gasteiger charge is -2.11. The Kier molecular flexibility index (Phi) is 5.88. The molecule has 1 saturated heterocycles. The highest BCUT2D eigenvalue weighted by Crippen LogP contribution is 2.22. The zero-order valence-electron chi connectivity index (χ0n) is 16.3. The fourth-order valence-electron chi connectivity index (χ4n) is 3.43. The number of benzene rings is 1. The zero-order chi connectivity index (χ0) is 20.3. The summed E-state index contributed by atoms with van der Waals surface area (Å²) in [6.07, 6.45) is 1.95. The molecule has 1 aliphatic heterocycles. The number of hydrazone groups is 1. The first-order chi connectivity index (χ1) is 13.3. The van der Waals surface area contributed by atoms with E-state index >= 15 is 0 Å². The van der Waals surface area contributed by atoms with E-state index in [0.29, 0.717) is 13.0 Å². The van der Waals surface area contributed by atoms with Gasteiger partial charge in [0, 0.05) is 22.6 Å². The molecule has 1 amide bonds. The lowest BCUT2D eigenvalue weighted by Crippen LogP contribution is -2.27. The monoisotopic (exact) mass is 403 g/mol. The SMILES string of the molecule is CCOc1ccc(-n2c(C)cc(/C=N\NC(=O)[C@@H]3CCS(=O)(=O)C3)c2C)cc1. The number of sulfone groups is 1. The highest BCUT2D eigenvalue weighted by atomic mass is 32.2. The molecule has 1 atom stereocenters. The summed E-state index contributed by atoms with van der Waals surface area (Å²) in [6.45, 7) is 6.56. The van der Waals surface area contributed by atoms with Crippen molar-refractivity contribution in [2.75, 3.05) is 18.1 Å². The predicted octanol–water partition coefficient (Wildman–Crippen LogP) is 2.38. The molecule has 1 aromatic heterocycles. The van der Waals surface area contributed by atoms with Crippen LogP contribution in [0.25, 0.3) is 5.69 Å². The van der Waals surface area contributed by atoms with E-state index in [2.05, 4.69) is 15.1 Å². The van der Waals surface area contributed by atoms with Gasteiger partial charge in [0.2, 0.25) is 5.91 Å². The van der Waals surface area contributed by atoms with Gasteiger partial charge in [0.1, 0.15) is 5.75 Å². The third kappa shape index (κ3) is 4.44. The number of rotatable bonds is 6. The van der Waals surface area contributed by atoms with Gasteiger partial charge < -0.3 is 9.30 Å². The Morgan fingerprint density at radius 1 is 1.32 bits per heavy atom. The Bertz CT molecular complexity index is 991. The molecule has 8 heteroatoms. The van der Waals surface area contributed by atoms with E-state index < -0.39 is 15.8 Å². The number of hydrogen-bond donors (Lipinski definition) is 1.